The number of benzene rings is 1. The van der Waals surface area contributed by atoms with Crippen LogP contribution in [0.25, 0.3) is 11.5 Å². The highest BCUT2D eigenvalue weighted by Gasteiger charge is 2.27. The van der Waals surface area contributed by atoms with E-state index >= 15 is 0 Å². The molecule has 27 heavy (non-hydrogen) atoms. The number of pyridine rings is 1. The normalized spacial score (nSPS) is 16.6. The molecule has 0 saturated carbocycles. The van der Waals surface area contributed by atoms with Gasteiger partial charge in [0.05, 0.1) is 7.11 Å². The van der Waals surface area contributed by atoms with E-state index in [1.807, 2.05) is 37.3 Å². The SMILES string of the molecule is COc1ccc(C2CCN(c3nc(-c4ccccn4)nc(C)c3C)C2)cc1. The Hall–Kier alpha value is -2.95. The van der Waals surface area contributed by atoms with Crippen molar-refractivity contribution in [2.45, 2.75) is 26.2 Å². The Labute approximate surface area is 160 Å². The molecule has 3 aromatic rings. The maximum Gasteiger partial charge on any atom is 0.180 e. The van der Waals surface area contributed by atoms with E-state index in [1.54, 1.807) is 13.3 Å². The molecule has 5 nitrogen and oxygen atoms in total. The van der Waals surface area contributed by atoms with Gasteiger partial charge in [0.2, 0.25) is 0 Å². The lowest BCUT2D eigenvalue weighted by molar-refractivity contribution is 0.414. The first-order chi connectivity index (χ1) is 13.2. The number of aryl methyl sites for hydroxylation is 1. The van der Waals surface area contributed by atoms with Crippen molar-refractivity contribution in [3.05, 3.63) is 65.5 Å². The average Bonchev–Trinajstić information content (AvgIpc) is 3.20. The molecule has 1 saturated heterocycles. The summed E-state index contributed by atoms with van der Waals surface area (Å²) >= 11 is 0. The fraction of sp³-hybridized carbons (Fsp3) is 0.318. The molecule has 1 unspecified atom stereocenters. The van der Waals surface area contributed by atoms with Crippen molar-refractivity contribution in [3.8, 4) is 17.3 Å². The van der Waals surface area contributed by atoms with Gasteiger partial charge < -0.3 is 9.64 Å². The van der Waals surface area contributed by atoms with Crippen LogP contribution in [0.3, 0.4) is 0 Å². The molecule has 1 aromatic carbocycles. The number of hydrogen-bond donors (Lipinski definition) is 0. The lowest BCUT2D eigenvalue weighted by Gasteiger charge is -2.21. The highest BCUT2D eigenvalue weighted by atomic mass is 16.5. The van der Waals surface area contributed by atoms with Gasteiger partial charge in [-0.1, -0.05) is 18.2 Å². The van der Waals surface area contributed by atoms with Crippen LogP contribution in [0.2, 0.25) is 0 Å². The molecule has 1 fully saturated rings. The van der Waals surface area contributed by atoms with Crippen molar-refractivity contribution in [2.24, 2.45) is 0 Å². The van der Waals surface area contributed by atoms with Crippen molar-refractivity contribution in [2.75, 3.05) is 25.1 Å². The van der Waals surface area contributed by atoms with E-state index in [9.17, 15) is 0 Å². The summed E-state index contributed by atoms with van der Waals surface area (Å²) in [4.78, 5) is 16.3. The summed E-state index contributed by atoms with van der Waals surface area (Å²) in [6.45, 7) is 6.11. The topological polar surface area (TPSA) is 51.1 Å². The quantitative estimate of drug-likeness (QED) is 0.699. The van der Waals surface area contributed by atoms with Crippen LogP contribution in [0.15, 0.2) is 48.7 Å². The number of nitrogens with zero attached hydrogens (tertiary/aromatic N) is 4. The Morgan fingerprint density at radius 3 is 2.56 bits per heavy atom. The third-order valence-corrected chi connectivity index (χ3v) is 5.33. The van der Waals surface area contributed by atoms with Crippen LogP contribution < -0.4 is 9.64 Å². The zero-order chi connectivity index (χ0) is 18.8. The van der Waals surface area contributed by atoms with Gasteiger partial charge in [-0.05, 0) is 50.1 Å². The third kappa shape index (κ3) is 3.50. The van der Waals surface area contributed by atoms with E-state index in [1.165, 1.54) is 5.56 Å². The fourth-order valence-electron chi connectivity index (χ4n) is 3.63. The first-order valence-electron chi connectivity index (χ1n) is 9.31. The van der Waals surface area contributed by atoms with E-state index in [0.29, 0.717) is 11.7 Å². The Morgan fingerprint density at radius 2 is 1.85 bits per heavy atom. The van der Waals surface area contributed by atoms with Gasteiger partial charge in [-0.25, -0.2) is 9.97 Å². The Morgan fingerprint density at radius 1 is 1.04 bits per heavy atom. The maximum absolute atomic E-state index is 5.27. The third-order valence-electron chi connectivity index (χ3n) is 5.33. The number of rotatable bonds is 4. The van der Waals surface area contributed by atoms with E-state index < -0.39 is 0 Å². The second kappa shape index (κ2) is 7.35. The Bertz CT molecular complexity index is 925. The van der Waals surface area contributed by atoms with Crippen LogP contribution in [0.5, 0.6) is 5.75 Å². The summed E-state index contributed by atoms with van der Waals surface area (Å²) in [6, 6.07) is 14.3. The predicted octanol–water partition coefficient (Wildman–Crippen LogP) is 4.16. The van der Waals surface area contributed by atoms with Gasteiger partial charge in [0, 0.05) is 36.5 Å². The lowest BCUT2D eigenvalue weighted by Crippen LogP contribution is -2.22. The molecule has 5 heteroatoms. The van der Waals surface area contributed by atoms with Gasteiger partial charge in [0.15, 0.2) is 5.82 Å². The first kappa shape index (κ1) is 17.5. The average molecular weight is 360 g/mol. The predicted molar refractivity (Wildman–Crippen MR) is 107 cm³/mol. The minimum Gasteiger partial charge on any atom is -0.497 e. The van der Waals surface area contributed by atoms with Gasteiger partial charge in [-0.2, -0.15) is 0 Å². The highest BCUT2D eigenvalue weighted by molar-refractivity contribution is 5.58. The smallest absolute Gasteiger partial charge is 0.180 e. The van der Waals surface area contributed by atoms with E-state index in [-0.39, 0.29) is 0 Å². The van der Waals surface area contributed by atoms with Gasteiger partial charge in [0.25, 0.3) is 0 Å². The molecule has 0 N–H and O–H groups in total. The van der Waals surface area contributed by atoms with Crippen molar-refractivity contribution in [1.29, 1.82) is 0 Å². The molecule has 3 heterocycles. The Balaban J connectivity index is 1.61. The van der Waals surface area contributed by atoms with E-state index in [2.05, 4.69) is 33.9 Å². The van der Waals surface area contributed by atoms with Crippen LogP contribution in [-0.4, -0.2) is 35.2 Å². The number of anilines is 1. The second-order valence-corrected chi connectivity index (χ2v) is 7.00. The molecule has 0 amide bonds. The number of methoxy groups -OCH3 is 1. The van der Waals surface area contributed by atoms with Crippen molar-refractivity contribution >= 4 is 5.82 Å². The molecule has 1 aliphatic rings. The zero-order valence-corrected chi connectivity index (χ0v) is 16.0. The van der Waals surface area contributed by atoms with Crippen molar-refractivity contribution < 1.29 is 4.74 Å². The van der Waals surface area contributed by atoms with Gasteiger partial charge in [-0.15, -0.1) is 0 Å². The molecule has 1 aliphatic heterocycles. The minimum absolute atomic E-state index is 0.504. The van der Waals surface area contributed by atoms with E-state index in [4.69, 9.17) is 9.72 Å². The van der Waals surface area contributed by atoms with E-state index in [0.717, 1.165) is 48.0 Å². The number of ether oxygens (including phenoxy) is 1. The van der Waals surface area contributed by atoms with Crippen molar-refractivity contribution in [3.63, 3.8) is 0 Å². The molecule has 0 spiro atoms. The maximum atomic E-state index is 5.27. The largest absolute Gasteiger partial charge is 0.497 e. The monoisotopic (exact) mass is 360 g/mol. The summed E-state index contributed by atoms with van der Waals surface area (Å²) in [5.41, 5.74) is 4.32. The minimum atomic E-state index is 0.504. The van der Waals surface area contributed by atoms with Gasteiger partial charge >= 0.3 is 0 Å². The summed E-state index contributed by atoms with van der Waals surface area (Å²) < 4.78 is 5.27. The second-order valence-electron chi connectivity index (χ2n) is 7.00. The first-order valence-corrected chi connectivity index (χ1v) is 9.31. The van der Waals surface area contributed by atoms with Crippen molar-refractivity contribution in [1.82, 2.24) is 15.0 Å². The number of hydrogen-bond acceptors (Lipinski definition) is 5. The van der Waals surface area contributed by atoms with Gasteiger partial charge in [0.1, 0.15) is 17.3 Å². The molecule has 0 bridgehead atoms. The molecule has 1 atom stereocenters. The number of aromatic nitrogens is 3. The zero-order valence-electron chi connectivity index (χ0n) is 16.0. The lowest BCUT2D eigenvalue weighted by atomic mass is 9.98. The summed E-state index contributed by atoms with van der Waals surface area (Å²) in [6.07, 6.45) is 2.90. The fourth-order valence-corrected chi connectivity index (χ4v) is 3.63. The van der Waals surface area contributed by atoms with Crippen LogP contribution in [0.1, 0.15) is 29.2 Å². The van der Waals surface area contributed by atoms with Crippen LogP contribution in [0.4, 0.5) is 5.82 Å². The summed E-state index contributed by atoms with van der Waals surface area (Å²) in [7, 11) is 1.70. The standard InChI is InChI=1S/C22H24N4O/c1-15-16(2)24-21(20-6-4-5-12-23-20)25-22(15)26-13-11-18(14-26)17-7-9-19(27-3)10-8-17/h4-10,12,18H,11,13-14H2,1-3H3. The molecule has 138 valence electrons. The van der Waals surface area contributed by atoms with Gasteiger partial charge in [-0.3, -0.25) is 4.98 Å². The highest BCUT2D eigenvalue weighted by Crippen LogP contribution is 2.33. The molecule has 0 radical (unpaired) electrons. The van der Waals surface area contributed by atoms with Crippen LogP contribution >= 0.6 is 0 Å². The molecular formula is C22H24N4O. The van der Waals surface area contributed by atoms with Crippen LogP contribution in [0, 0.1) is 13.8 Å². The molecular weight excluding hydrogens is 336 g/mol. The summed E-state index contributed by atoms with van der Waals surface area (Å²) in [5.74, 6) is 3.13. The van der Waals surface area contributed by atoms with Crippen LogP contribution in [-0.2, 0) is 0 Å². The summed E-state index contributed by atoms with van der Waals surface area (Å²) in [5, 5.41) is 0. The molecule has 4 rings (SSSR count). The molecule has 0 aliphatic carbocycles. The Kier molecular flexibility index (Phi) is 4.75. The molecule has 2 aromatic heterocycles.